The molecule has 2 aromatic rings. The minimum Gasteiger partial charge on any atom is -0.455 e. The third-order valence-electron chi connectivity index (χ3n) is 3.37. The minimum absolute atomic E-state index is 0.0311. The molecule has 0 fully saturated rings. The van der Waals surface area contributed by atoms with Crippen LogP contribution in [0, 0.1) is 20.8 Å². The van der Waals surface area contributed by atoms with Crippen molar-refractivity contribution in [1.29, 1.82) is 0 Å². The smallest absolute Gasteiger partial charge is 0.316 e. The van der Waals surface area contributed by atoms with Crippen LogP contribution in [0.2, 0.25) is 0 Å². The lowest BCUT2D eigenvalue weighted by atomic mass is 10.1. The Labute approximate surface area is 161 Å². The van der Waals surface area contributed by atoms with Crippen LogP contribution in [0.1, 0.15) is 16.9 Å². The van der Waals surface area contributed by atoms with Crippen LogP contribution in [0.5, 0.6) is 0 Å². The number of nitrogens with one attached hydrogen (secondary N) is 2. The molecule has 0 aliphatic carbocycles. The van der Waals surface area contributed by atoms with E-state index < -0.39 is 18.5 Å². The molecule has 27 heavy (non-hydrogen) atoms. The van der Waals surface area contributed by atoms with Gasteiger partial charge in [-0.2, -0.15) is 0 Å². The van der Waals surface area contributed by atoms with E-state index in [1.807, 2.05) is 32.0 Å². The second-order valence-corrected chi connectivity index (χ2v) is 6.88. The first-order valence-electron chi connectivity index (χ1n) is 8.17. The fraction of sp³-hybridized carbons (Fsp3) is 0.333. The van der Waals surface area contributed by atoms with E-state index in [9.17, 15) is 14.4 Å². The molecular formula is C18H21N3O5S. The molecule has 144 valence electrons. The van der Waals surface area contributed by atoms with Gasteiger partial charge in [0.2, 0.25) is 5.91 Å². The summed E-state index contributed by atoms with van der Waals surface area (Å²) in [7, 11) is 0. The van der Waals surface area contributed by atoms with Gasteiger partial charge in [0.05, 0.1) is 11.5 Å². The predicted molar refractivity (Wildman–Crippen MR) is 103 cm³/mol. The first kappa shape index (κ1) is 20.5. The molecule has 0 spiro atoms. The third kappa shape index (κ3) is 7.14. The fourth-order valence-electron chi connectivity index (χ4n) is 2.16. The van der Waals surface area contributed by atoms with Crippen molar-refractivity contribution in [3.8, 4) is 0 Å². The average Bonchev–Trinajstić information content (AvgIpc) is 3.00. The molecule has 0 bridgehead atoms. The van der Waals surface area contributed by atoms with Crippen LogP contribution in [0.15, 0.2) is 28.8 Å². The Morgan fingerprint density at radius 2 is 1.85 bits per heavy atom. The van der Waals surface area contributed by atoms with Gasteiger partial charge in [-0.05, 0) is 32.4 Å². The van der Waals surface area contributed by atoms with Crippen LogP contribution in [0.25, 0.3) is 0 Å². The number of ether oxygens (including phenoxy) is 1. The van der Waals surface area contributed by atoms with Gasteiger partial charge in [-0.15, -0.1) is 11.8 Å². The van der Waals surface area contributed by atoms with E-state index in [4.69, 9.17) is 9.26 Å². The summed E-state index contributed by atoms with van der Waals surface area (Å²) in [5, 5.41) is 8.84. The summed E-state index contributed by atoms with van der Waals surface area (Å²) in [6.07, 6.45) is 0. The molecule has 0 radical (unpaired) electrons. The maximum atomic E-state index is 11.9. The number of amides is 2. The van der Waals surface area contributed by atoms with E-state index in [0.29, 0.717) is 5.76 Å². The zero-order chi connectivity index (χ0) is 19.8. The van der Waals surface area contributed by atoms with E-state index in [2.05, 4.69) is 15.8 Å². The second kappa shape index (κ2) is 9.77. The fourth-order valence-corrected chi connectivity index (χ4v) is 2.77. The van der Waals surface area contributed by atoms with Crippen LogP contribution in [-0.2, 0) is 19.1 Å². The number of esters is 1. The van der Waals surface area contributed by atoms with Gasteiger partial charge in [-0.25, -0.2) is 0 Å². The molecule has 2 amide bonds. The monoisotopic (exact) mass is 391 g/mol. The van der Waals surface area contributed by atoms with E-state index >= 15 is 0 Å². The van der Waals surface area contributed by atoms with Crippen LogP contribution in [0.4, 0.5) is 11.5 Å². The van der Waals surface area contributed by atoms with E-state index in [1.165, 1.54) is 0 Å². The molecule has 8 nitrogen and oxygen atoms in total. The number of hydrogen-bond acceptors (Lipinski definition) is 7. The van der Waals surface area contributed by atoms with Crippen LogP contribution in [0.3, 0.4) is 0 Å². The largest absolute Gasteiger partial charge is 0.455 e. The van der Waals surface area contributed by atoms with Gasteiger partial charge >= 0.3 is 5.97 Å². The number of hydrogen-bond donors (Lipinski definition) is 2. The van der Waals surface area contributed by atoms with Gasteiger partial charge in [-0.1, -0.05) is 22.9 Å². The van der Waals surface area contributed by atoms with Crippen molar-refractivity contribution in [2.24, 2.45) is 0 Å². The van der Waals surface area contributed by atoms with Crippen molar-refractivity contribution in [2.75, 3.05) is 28.7 Å². The van der Waals surface area contributed by atoms with Gasteiger partial charge in [-0.3, -0.25) is 14.4 Å². The zero-order valence-corrected chi connectivity index (χ0v) is 16.1. The summed E-state index contributed by atoms with van der Waals surface area (Å²) >= 11 is 1.11. The van der Waals surface area contributed by atoms with Crippen LogP contribution in [-0.4, -0.2) is 41.1 Å². The highest BCUT2D eigenvalue weighted by molar-refractivity contribution is 8.00. The lowest BCUT2D eigenvalue weighted by Gasteiger charge is -2.09. The molecule has 1 heterocycles. The SMILES string of the molecule is Cc1ccc(NC(=O)CSCC(=O)OCC(=O)Nc2cc(C)on2)c(C)c1. The number of benzene rings is 1. The molecule has 0 unspecified atom stereocenters. The highest BCUT2D eigenvalue weighted by Gasteiger charge is 2.11. The summed E-state index contributed by atoms with van der Waals surface area (Å²) in [5.41, 5.74) is 2.83. The van der Waals surface area contributed by atoms with Crippen molar-refractivity contribution in [3.05, 3.63) is 41.2 Å². The van der Waals surface area contributed by atoms with Gasteiger partial charge in [0.25, 0.3) is 5.91 Å². The Hall–Kier alpha value is -2.81. The Bertz CT molecular complexity index is 834. The number of carbonyl (C=O) groups excluding carboxylic acids is 3. The second-order valence-electron chi connectivity index (χ2n) is 5.89. The molecule has 1 aromatic carbocycles. The lowest BCUT2D eigenvalue weighted by Crippen LogP contribution is -2.22. The van der Waals surface area contributed by atoms with Crippen LogP contribution >= 0.6 is 11.8 Å². The Balaban J connectivity index is 1.63. The van der Waals surface area contributed by atoms with Crippen molar-refractivity contribution in [3.63, 3.8) is 0 Å². The van der Waals surface area contributed by atoms with Gasteiger partial charge in [0, 0.05) is 11.8 Å². The molecule has 0 atom stereocenters. The summed E-state index contributed by atoms with van der Waals surface area (Å²) in [6, 6.07) is 7.28. The molecule has 0 aliphatic heterocycles. The van der Waals surface area contributed by atoms with Crippen molar-refractivity contribution < 1.29 is 23.6 Å². The molecule has 2 N–H and O–H groups in total. The van der Waals surface area contributed by atoms with Crippen LogP contribution < -0.4 is 10.6 Å². The third-order valence-corrected chi connectivity index (χ3v) is 4.27. The summed E-state index contributed by atoms with van der Waals surface area (Å²) in [4.78, 5) is 35.2. The molecule has 1 aromatic heterocycles. The summed E-state index contributed by atoms with van der Waals surface area (Å²) in [6.45, 7) is 5.15. The first-order valence-corrected chi connectivity index (χ1v) is 9.32. The summed E-state index contributed by atoms with van der Waals surface area (Å²) in [5.74, 6) is -0.425. The number of aromatic nitrogens is 1. The molecular weight excluding hydrogens is 370 g/mol. The van der Waals surface area contributed by atoms with E-state index in [-0.39, 0.29) is 23.2 Å². The number of anilines is 2. The topological polar surface area (TPSA) is 111 Å². The molecule has 2 rings (SSSR count). The Morgan fingerprint density at radius 1 is 1.07 bits per heavy atom. The van der Waals surface area contributed by atoms with Crippen molar-refractivity contribution >= 4 is 41.1 Å². The minimum atomic E-state index is -0.578. The number of aryl methyl sites for hydroxylation is 3. The Morgan fingerprint density at radius 3 is 2.52 bits per heavy atom. The van der Waals surface area contributed by atoms with Gasteiger partial charge in [0.1, 0.15) is 5.76 Å². The normalized spacial score (nSPS) is 10.3. The van der Waals surface area contributed by atoms with Gasteiger partial charge in [0.15, 0.2) is 12.4 Å². The standard InChI is InChI=1S/C18H21N3O5S/c1-11-4-5-14(12(2)6-11)19-17(23)9-27-10-18(24)25-8-16(22)20-15-7-13(3)26-21-15/h4-7H,8-10H2,1-3H3,(H,19,23)(H,20,21,22). The molecule has 0 aliphatic rings. The quantitative estimate of drug-likeness (QED) is 0.665. The Kier molecular flexibility index (Phi) is 7.42. The molecule has 0 saturated heterocycles. The number of thioether (sulfide) groups is 1. The van der Waals surface area contributed by atoms with Crippen molar-refractivity contribution in [2.45, 2.75) is 20.8 Å². The van der Waals surface area contributed by atoms with Crippen molar-refractivity contribution in [1.82, 2.24) is 5.16 Å². The van der Waals surface area contributed by atoms with E-state index in [1.54, 1.807) is 13.0 Å². The highest BCUT2D eigenvalue weighted by atomic mass is 32.2. The number of nitrogens with zero attached hydrogens (tertiary/aromatic N) is 1. The predicted octanol–water partition coefficient (Wildman–Crippen LogP) is 2.45. The highest BCUT2D eigenvalue weighted by Crippen LogP contribution is 2.16. The number of carbonyl (C=O) groups is 3. The first-order chi connectivity index (χ1) is 12.8. The maximum absolute atomic E-state index is 11.9. The lowest BCUT2D eigenvalue weighted by molar-refractivity contribution is -0.144. The maximum Gasteiger partial charge on any atom is 0.316 e. The number of rotatable bonds is 8. The van der Waals surface area contributed by atoms with Gasteiger partial charge < -0.3 is 19.9 Å². The zero-order valence-electron chi connectivity index (χ0n) is 15.3. The average molecular weight is 391 g/mol. The molecule has 9 heteroatoms. The molecule has 0 saturated carbocycles. The van der Waals surface area contributed by atoms with E-state index in [0.717, 1.165) is 28.6 Å². The summed E-state index contributed by atoms with van der Waals surface area (Å²) < 4.78 is 9.66.